The molecule has 7 aromatic rings. The van der Waals surface area contributed by atoms with Crippen LogP contribution < -0.4 is 52.8 Å². The van der Waals surface area contributed by atoms with Gasteiger partial charge in [-0.05, 0) is 23.3 Å². The highest BCUT2D eigenvalue weighted by Gasteiger charge is 2.41. The van der Waals surface area contributed by atoms with Crippen molar-refractivity contribution in [2.75, 3.05) is 28.4 Å². The number of nitrogens with zero attached hydrogens (tertiary/aromatic N) is 10. The minimum Gasteiger partial charge on any atom is -0.505 e. The van der Waals surface area contributed by atoms with Crippen molar-refractivity contribution in [1.29, 1.82) is 0 Å². The number of aromatic nitrogens is 10. The van der Waals surface area contributed by atoms with E-state index in [2.05, 4.69) is 9.97 Å². The van der Waals surface area contributed by atoms with Crippen LogP contribution in [0.15, 0.2) is 82.9 Å². The molecule has 0 fully saturated rings. The van der Waals surface area contributed by atoms with Crippen molar-refractivity contribution in [2.45, 2.75) is 51.1 Å². The summed E-state index contributed by atoms with van der Waals surface area (Å²) < 4.78 is 46.0. The van der Waals surface area contributed by atoms with Crippen LogP contribution in [0.25, 0.3) is 22.1 Å². The summed E-state index contributed by atoms with van der Waals surface area (Å²) in [4.78, 5) is 93.2. The number of rotatable bonds is 11. The lowest BCUT2D eigenvalue weighted by atomic mass is 9.90. The SMILES string of the molecule is COc1cc2nc(CCn3c(=O)n4n(c3=O)C3Cn5c(=O)n(CCc6nc7cc(OC)c(OC)cc7n(C)c6=O)c(=O)n5C(c5ccc(O)c(F)c5)C3=CC4)c(=O)n(C)c2cc1OC. The number of benzene rings is 3. The van der Waals surface area contributed by atoms with Gasteiger partial charge in [0.1, 0.15) is 17.4 Å². The summed E-state index contributed by atoms with van der Waals surface area (Å²) in [5.74, 6) is -0.0745. The van der Waals surface area contributed by atoms with Crippen LogP contribution in [0, 0.1) is 5.82 Å². The Kier molecular flexibility index (Phi) is 10.0. The minimum absolute atomic E-state index is 0.0600. The van der Waals surface area contributed by atoms with Crippen molar-refractivity contribution in [3.63, 3.8) is 0 Å². The van der Waals surface area contributed by atoms with Crippen molar-refractivity contribution in [1.82, 2.24) is 47.0 Å². The molecule has 2 aliphatic rings. The van der Waals surface area contributed by atoms with Gasteiger partial charge in [-0.15, -0.1) is 0 Å². The van der Waals surface area contributed by atoms with Gasteiger partial charge in [-0.25, -0.2) is 61.4 Å². The number of halogens is 1. The topological polar surface area (TPSA) is 225 Å². The first-order valence-corrected chi connectivity index (χ1v) is 20.0. The van der Waals surface area contributed by atoms with E-state index in [4.69, 9.17) is 18.9 Å². The second-order valence-electron chi connectivity index (χ2n) is 15.4. The molecule has 9 rings (SSSR count). The second kappa shape index (κ2) is 15.5. The van der Waals surface area contributed by atoms with Crippen molar-refractivity contribution in [3.05, 3.63) is 140 Å². The number of hydrogen-bond donors (Lipinski definition) is 1. The summed E-state index contributed by atoms with van der Waals surface area (Å²) in [5.41, 5.74) is -1.46. The van der Waals surface area contributed by atoms with Crippen LogP contribution in [0.3, 0.4) is 0 Å². The van der Waals surface area contributed by atoms with E-state index in [1.807, 2.05) is 0 Å². The number of aryl methyl sites for hydroxylation is 4. The highest BCUT2D eigenvalue weighted by molar-refractivity contribution is 5.80. The molecule has 0 spiro atoms. The number of aromatic hydroxyl groups is 1. The Balaban J connectivity index is 1.10. The quantitative estimate of drug-likeness (QED) is 0.176. The number of fused-ring (bicyclic) bond motifs is 6. The zero-order valence-corrected chi connectivity index (χ0v) is 35.4. The largest absolute Gasteiger partial charge is 0.505 e. The fraction of sp³-hybridized carbons (Fsp3) is 0.333. The van der Waals surface area contributed by atoms with Crippen LogP contribution in [-0.4, -0.2) is 80.5 Å². The summed E-state index contributed by atoms with van der Waals surface area (Å²) in [5, 5.41) is 10.1. The van der Waals surface area contributed by atoms with Gasteiger partial charge in [0.15, 0.2) is 34.6 Å². The Labute approximate surface area is 358 Å². The second-order valence-corrected chi connectivity index (χ2v) is 15.4. The molecule has 0 bridgehead atoms. The molecule has 2 unspecified atom stereocenters. The van der Waals surface area contributed by atoms with E-state index in [0.717, 1.165) is 30.6 Å². The molecule has 0 aliphatic carbocycles. The Morgan fingerprint density at radius 2 is 1.14 bits per heavy atom. The van der Waals surface area contributed by atoms with E-state index in [-0.39, 0.29) is 56.0 Å². The molecule has 4 aromatic heterocycles. The number of hydrogen-bond acceptors (Lipinski definition) is 13. The van der Waals surface area contributed by atoms with Gasteiger partial charge < -0.3 is 33.2 Å². The van der Waals surface area contributed by atoms with Gasteiger partial charge in [0.25, 0.3) is 11.1 Å². The standard InChI is InChI=1S/C42H41FN10O11/c1-46-28-18-34(63-5)32(61-3)16-26(28)44-24(37(46)55)10-12-48-39(57)50-14-9-22-30(52(50)41(48)59)20-51-40(58)49(42(60)53(51)36(22)21-7-8-31(54)23(43)15-21)13-11-25-38(56)47(2)29-19-35(64-6)33(62-4)17-27(29)45-25/h7-9,15-19,30,36,54H,10-14,20H2,1-6H3. The third-order valence-corrected chi connectivity index (χ3v) is 12.1. The number of methoxy groups -OCH3 is 4. The average molecular weight is 881 g/mol. The monoisotopic (exact) mass is 880 g/mol. The van der Waals surface area contributed by atoms with Crippen LogP contribution in [0.4, 0.5) is 4.39 Å². The number of phenolic OH excluding ortho intramolecular Hbond substituents is 1. The molecule has 6 heterocycles. The maximum Gasteiger partial charge on any atom is 0.348 e. The third-order valence-electron chi connectivity index (χ3n) is 12.1. The molecule has 332 valence electrons. The molecule has 21 nitrogen and oxygen atoms in total. The van der Waals surface area contributed by atoms with Crippen molar-refractivity contribution < 1.29 is 28.4 Å². The smallest absolute Gasteiger partial charge is 0.348 e. The van der Waals surface area contributed by atoms with Gasteiger partial charge in [0, 0.05) is 64.3 Å². The van der Waals surface area contributed by atoms with Crippen molar-refractivity contribution in [2.24, 2.45) is 14.1 Å². The molecule has 1 N–H and O–H groups in total. The lowest BCUT2D eigenvalue weighted by Crippen LogP contribution is -2.47. The van der Waals surface area contributed by atoms with Crippen LogP contribution in [0.2, 0.25) is 0 Å². The van der Waals surface area contributed by atoms with E-state index >= 15 is 4.39 Å². The van der Waals surface area contributed by atoms with Crippen LogP contribution >= 0.6 is 0 Å². The summed E-state index contributed by atoms with van der Waals surface area (Å²) in [6.45, 7) is -0.933. The van der Waals surface area contributed by atoms with E-state index in [0.29, 0.717) is 50.6 Å². The molecule has 0 saturated heterocycles. The fourth-order valence-electron chi connectivity index (χ4n) is 8.81. The molecule has 3 aromatic carbocycles. The van der Waals surface area contributed by atoms with Gasteiger partial charge in [-0.1, -0.05) is 12.1 Å². The predicted molar refractivity (Wildman–Crippen MR) is 227 cm³/mol. The fourth-order valence-corrected chi connectivity index (χ4v) is 8.81. The molecule has 0 amide bonds. The molecule has 2 atom stereocenters. The number of allylic oxidation sites excluding steroid dienone is 2. The normalized spacial score (nSPS) is 15.5. The summed E-state index contributed by atoms with van der Waals surface area (Å²) in [6, 6.07) is 7.81. The molecule has 64 heavy (non-hydrogen) atoms. The van der Waals surface area contributed by atoms with E-state index in [1.54, 1.807) is 44.4 Å². The molecule has 0 saturated carbocycles. The first-order chi connectivity index (χ1) is 30.7. The van der Waals surface area contributed by atoms with Gasteiger partial charge in [-0.2, -0.15) is 0 Å². The molecule has 0 radical (unpaired) electrons. The summed E-state index contributed by atoms with van der Waals surface area (Å²) in [7, 11) is 8.99. The molecular formula is C42H41FN10O11. The highest BCUT2D eigenvalue weighted by atomic mass is 19.1. The Morgan fingerprint density at radius 3 is 1.64 bits per heavy atom. The zero-order chi connectivity index (χ0) is 45.5. The van der Waals surface area contributed by atoms with Crippen molar-refractivity contribution >= 4 is 22.1 Å². The van der Waals surface area contributed by atoms with Crippen molar-refractivity contribution in [3.8, 4) is 28.7 Å². The van der Waals surface area contributed by atoms with Crippen LogP contribution in [0.5, 0.6) is 28.7 Å². The summed E-state index contributed by atoms with van der Waals surface area (Å²) >= 11 is 0. The molecule has 2 aliphatic heterocycles. The summed E-state index contributed by atoms with van der Waals surface area (Å²) in [6.07, 6.45) is 1.41. The Morgan fingerprint density at radius 1 is 0.656 bits per heavy atom. The number of phenols is 1. The number of ether oxygens (including phenoxy) is 4. The van der Waals surface area contributed by atoms with E-state index in [9.17, 15) is 33.9 Å². The lowest BCUT2D eigenvalue weighted by Gasteiger charge is -2.37. The van der Waals surface area contributed by atoms with Crippen LogP contribution in [0.1, 0.15) is 29.0 Å². The van der Waals surface area contributed by atoms with E-state index < -0.39 is 57.5 Å². The van der Waals surface area contributed by atoms with Gasteiger partial charge in [0.05, 0.1) is 69.6 Å². The third kappa shape index (κ3) is 6.26. The van der Waals surface area contributed by atoms with Gasteiger partial charge >= 0.3 is 22.8 Å². The first-order valence-electron chi connectivity index (χ1n) is 20.0. The molecule has 22 heteroatoms. The average Bonchev–Trinajstić information content (AvgIpc) is 3.69. The Bertz CT molecular complexity index is 3510. The van der Waals surface area contributed by atoms with Gasteiger partial charge in [-0.3, -0.25) is 9.59 Å². The maximum absolute atomic E-state index is 15.1. The van der Waals surface area contributed by atoms with Crippen LogP contribution in [-0.2, 0) is 53.1 Å². The Hall–Kier alpha value is -7.91. The minimum atomic E-state index is -1.18. The predicted octanol–water partition coefficient (Wildman–Crippen LogP) is 0.579. The molecular weight excluding hydrogens is 840 g/mol. The lowest BCUT2D eigenvalue weighted by molar-refractivity contribution is 0.245. The van der Waals surface area contributed by atoms with Gasteiger partial charge in [0.2, 0.25) is 0 Å². The van der Waals surface area contributed by atoms with E-state index in [1.165, 1.54) is 53.0 Å². The first kappa shape index (κ1) is 41.4. The highest BCUT2D eigenvalue weighted by Crippen LogP contribution is 2.39. The zero-order valence-electron chi connectivity index (χ0n) is 35.4. The maximum atomic E-state index is 15.1.